The molecule has 1 atom stereocenters. The first-order chi connectivity index (χ1) is 12.9. The van der Waals surface area contributed by atoms with Gasteiger partial charge in [0, 0.05) is 11.5 Å². The lowest BCUT2D eigenvalue weighted by atomic mass is 9.99. The Hall–Kier alpha value is -3.28. The van der Waals surface area contributed by atoms with Gasteiger partial charge in [-0.25, -0.2) is 9.59 Å². The minimum absolute atomic E-state index is 0.393. The Morgan fingerprint density at radius 1 is 1.04 bits per heavy atom. The number of hydrogen-bond acceptors (Lipinski definition) is 6. The molecule has 1 aromatic heterocycles. The average molecular weight is 368 g/mol. The Morgan fingerprint density at radius 2 is 1.70 bits per heavy atom. The predicted molar refractivity (Wildman–Crippen MR) is 101 cm³/mol. The molecule has 0 aliphatic carbocycles. The summed E-state index contributed by atoms with van der Waals surface area (Å²) in [5.41, 5.74) is 2.01. The van der Waals surface area contributed by atoms with Crippen LogP contribution in [-0.4, -0.2) is 26.3 Å². The van der Waals surface area contributed by atoms with Crippen LogP contribution in [0.25, 0.3) is 22.1 Å². The quantitative estimate of drug-likeness (QED) is 0.505. The van der Waals surface area contributed by atoms with Crippen LogP contribution in [0.2, 0.25) is 0 Å². The van der Waals surface area contributed by atoms with E-state index in [-0.39, 0.29) is 0 Å². The molecule has 0 saturated carbocycles. The number of esters is 1. The molecule has 0 saturated heterocycles. The number of carbonyl (C=O) groups is 1. The second-order valence-electron chi connectivity index (χ2n) is 6.06. The maximum Gasteiger partial charge on any atom is 0.346 e. The molecular weight excluding hydrogens is 348 g/mol. The largest absolute Gasteiger partial charge is 0.497 e. The minimum atomic E-state index is -0.765. The third kappa shape index (κ3) is 3.65. The number of methoxy groups -OCH3 is 2. The molecule has 0 amide bonds. The van der Waals surface area contributed by atoms with Crippen molar-refractivity contribution in [2.24, 2.45) is 0 Å². The van der Waals surface area contributed by atoms with Gasteiger partial charge in [0.25, 0.3) is 0 Å². The summed E-state index contributed by atoms with van der Waals surface area (Å²) in [7, 11) is 2.89. The van der Waals surface area contributed by atoms with E-state index >= 15 is 0 Å². The van der Waals surface area contributed by atoms with Crippen molar-refractivity contribution in [2.75, 3.05) is 14.2 Å². The number of benzene rings is 2. The van der Waals surface area contributed by atoms with Gasteiger partial charge in [0.15, 0.2) is 6.10 Å². The third-order valence-corrected chi connectivity index (χ3v) is 4.36. The van der Waals surface area contributed by atoms with Gasteiger partial charge >= 0.3 is 11.6 Å². The molecular formula is C21H20O6. The molecule has 3 rings (SSSR count). The molecule has 0 bridgehead atoms. The number of fused-ring (bicyclic) bond motifs is 1. The van der Waals surface area contributed by atoms with Crippen LogP contribution in [0.5, 0.6) is 11.5 Å². The Labute approximate surface area is 156 Å². The molecule has 6 heteroatoms. The van der Waals surface area contributed by atoms with E-state index in [2.05, 4.69) is 4.74 Å². The van der Waals surface area contributed by atoms with Gasteiger partial charge in [0.05, 0.1) is 19.8 Å². The molecule has 1 heterocycles. The van der Waals surface area contributed by atoms with Crippen molar-refractivity contribution in [1.29, 1.82) is 0 Å². The van der Waals surface area contributed by atoms with Crippen LogP contribution in [0, 0.1) is 6.92 Å². The number of aryl methyl sites for hydroxylation is 1. The van der Waals surface area contributed by atoms with E-state index in [4.69, 9.17) is 13.9 Å². The third-order valence-electron chi connectivity index (χ3n) is 4.36. The molecule has 0 unspecified atom stereocenters. The molecule has 6 nitrogen and oxygen atoms in total. The van der Waals surface area contributed by atoms with Crippen LogP contribution >= 0.6 is 0 Å². The number of ether oxygens (including phenoxy) is 3. The van der Waals surface area contributed by atoms with Gasteiger partial charge in [-0.2, -0.15) is 0 Å². The van der Waals surface area contributed by atoms with Gasteiger partial charge in [0.1, 0.15) is 17.1 Å². The van der Waals surface area contributed by atoms with Gasteiger partial charge in [0.2, 0.25) is 0 Å². The maximum atomic E-state index is 12.6. The maximum absolute atomic E-state index is 12.6. The highest BCUT2D eigenvalue weighted by atomic mass is 16.6. The smallest absolute Gasteiger partial charge is 0.346 e. The first-order valence-electron chi connectivity index (χ1n) is 8.41. The van der Waals surface area contributed by atoms with Crippen molar-refractivity contribution in [3.05, 3.63) is 58.4 Å². The average Bonchev–Trinajstić information content (AvgIpc) is 2.67. The highest BCUT2D eigenvalue weighted by Gasteiger charge is 2.17. The fourth-order valence-electron chi connectivity index (χ4n) is 2.92. The first-order valence-corrected chi connectivity index (χ1v) is 8.41. The first kappa shape index (κ1) is 18.5. The monoisotopic (exact) mass is 368 g/mol. The highest BCUT2D eigenvalue weighted by Crippen LogP contribution is 2.30. The fraction of sp³-hybridized carbons (Fsp3) is 0.238. The zero-order valence-electron chi connectivity index (χ0n) is 15.6. The van der Waals surface area contributed by atoms with Crippen molar-refractivity contribution in [3.63, 3.8) is 0 Å². The summed E-state index contributed by atoms with van der Waals surface area (Å²) in [5, 5.41) is 0.790. The van der Waals surface area contributed by atoms with Gasteiger partial charge in [-0.05, 0) is 49.2 Å². The summed E-state index contributed by atoms with van der Waals surface area (Å²) in [4.78, 5) is 24.1. The number of carbonyl (C=O) groups excluding carboxylic acids is 1. The summed E-state index contributed by atoms with van der Waals surface area (Å²) in [6.45, 7) is 3.46. The Bertz CT molecular complexity index is 1030. The number of hydrogen-bond donors (Lipinski definition) is 0. The van der Waals surface area contributed by atoms with Crippen molar-refractivity contribution in [2.45, 2.75) is 20.0 Å². The highest BCUT2D eigenvalue weighted by molar-refractivity contribution is 5.87. The van der Waals surface area contributed by atoms with E-state index in [1.165, 1.54) is 7.11 Å². The lowest BCUT2D eigenvalue weighted by Crippen LogP contribution is -2.24. The van der Waals surface area contributed by atoms with Gasteiger partial charge in [-0.1, -0.05) is 12.1 Å². The van der Waals surface area contributed by atoms with Crippen LogP contribution in [0.15, 0.2) is 51.7 Å². The zero-order valence-corrected chi connectivity index (χ0v) is 15.6. The van der Waals surface area contributed by atoms with Crippen LogP contribution in [-0.2, 0) is 9.53 Å². The lowest BCUT2D eigenvalue weighted by molar-refractivity contribution is -0.147. The summed E-state index contributed by atoms with van der Waals surface area (Å²) in [6.07, 6.45) is -0.765. The van der Waals surface area contributed by atoms with E-state index in [0.717, 1.165) is 16.5 Å². The molecule has 3 aromatic rings. The summed E-state index contributed by atoms with van der Waals surface area (Å²) in [5.74, 6) is 0.644. The van der Waals surface area contributed by atoms with Crippen LogP contribution in [0.3, 0.4) is 0 Å². The molecule has 140 valence electrons. The molecule has 2 aromatic carbocycles. The standard InChI is InChI=1S/C21H20O6/c1-12-17-10-9-16(26-13(2)20(22)25-4)11-18(17)27-21(23)19(12)14-5-7-15(24-3)8-6-14/h5-11,13H,1-4H3/t13-/m1/s1. The van der Waals surface area contributed by atoms with E-state index < -0.39 is 17.7 Å². The summed E-state index contributed by atoms with van der Waals surface area (Å²) in [6, 6.07) is 12.4. The lowest BCUT2D eigenvalue weighted by Gasteiger charge is -2.13. The Morgan fingerprint density at radius 3 is 2.33 bits per heavy atom. The van der Waals surface area contributed by atoms with E-state index in [9.17, 15) is 9.59 Å². The van der Waals surface area contributed by atoms with Crippen molar-refractivity contribution in [3.8, 4) is 22.6 Å². The fourth-order valence-corrected chi connectivity index (χ4v) is 2.92. The number of rotatable bonds is 5. The topological polar surface area (TPSA) is 75.0 Å². The SMILES string of the molecule is COC(=O)[C@@H](C)Oc1ccc2c(C)c(-c3ccc(OC)cc3)c(=O)oc2c1. The minimum Gasteiger partial charge on any atom is -0.497 e. The molecule has 0 aliphatic heterocycles. The Kier molecular flexibility index (Phi) is 5.16. The van der Waals surface area contributed by atoms with E-state index in [1.807, 2.05) is 19.1 Å². The van der Waals surface area contributed by atoms with E-state index in [1.54, 1.807) is 44.4 Å². The van der Waals surface area contributed by atoms with Crippen LogP contribution < -0.4 is 15.1 Å². The van der Waals surface area contributed by atoms with Crippen molar-refractivity contribution in [1.82, 2.24) is 0 Å². The normalized spacial score (nSPS) is 11.9. The summed E-state index contributed by atoms with van der Waals surface area (Å²) >= 11 is 0. The van der Waals surface area contributed by atoms with Gasteiger partial charge < -0.3 is 18.6 Å². The van der Waals surface area contributed by atoms with Crippen molar-refractivity contribution < 1.29 is 23.4 Å². The van der Waals surface area contributed by atoms with Gasteiger partial charge in [-0.3, -0.25) is 0 Å². The zero-order chi connectivity index (χ0) is 19.6. The molecule has 0 fully saturated rings. The second kappa shape index (κ2) is 7.53. The Balaban J connectivity index is 2.03. The van der Waals surface area contributed by atoms with Crippen LogP contribution in [0.4, 0.5) is 0 Å². The van der Waals surface area contributed by atoms with Gasteiger partial charge in [-0.15, -0.1) is 0 Å². The molecule has 0 aliphatic rings. The summed E-state index contributed by atoms with van der Waals surface area (Å²) < 4.78 is 20.9. The molecule has 0 N–H and O–H groups in total. The van der Waals surface area contributed by atoms with E-state index in [0.29, 0.717) is 22.6 Å². The second-order valence-corrected chi connectivity index (χ2v) is 6.06. The van der Waals surface area contributed by atoms with Crippen molar-refractivity contribution >= 4 is 16.9 Å². The predicted octanol–water partition coefficient (Wildman–Crippen LogP) is 3.72. The molecule has 0 spiro atoms. The van der Waals surface area contributed by atoms with Crippen LogP contribution in [0.1, 0.15) is 12.5 Å². The molecule has 0 radical (unpaired) electrons. The molecule has 27 heavy (non-hydrogen) atoms.